The molecule has 1 unspecified atom stereocenters. The molecule has 0 radical (unpaired) electrons. The standard InChI is InChI=1S/C52H32N2OS/c1-2-12-32-28-37(24-23-31(32)11-1)49-51-50(42-19-7-8-22-47(42)56-51)54-52(53-49)43-20-10-21-45-48(43)41-26-25-34(30-46(41)55-45)33-14-9-15-35(27-33)44-29-36-13-3-4-16-38(36)39-17-5-6-18-40(39)44/h1-30,50H,(H,53,54). The molecule has 0 spiro atoms. The number of benzene rings is 9. The SMILES string of the molecule is c1cc(-c2ccc3c(c2)oc2cccc(C4=NC(c5ccc6ccccc6c5)=C5Sc6ccccc6C5N4)c23)cc(-c2cc3ccccc3c3ccccc23)c1. The van der Waals surface area contributed by atoms with Crippen LogP contribution in [-0.4, -0.2) is 5.84 Å². The van der Waals surface area contributed by atoms with Crippen molar-refractivity contribution in [3.05, 3.63) is 204 Å². The Hall–Kier alpha value is -6.88. The van der Waals surface area contributed by atoms with Gasteiger partial charge in [0.15, 0.2) is 0 Å². The number of hydrogen-bond acceptors (Lipinski definition) is 4. The van der Waals surface area contributed by atoms with Crippen molar-refractivity contribution in [2.75, 3.05) is 0 Å². The molecule has 0 saturated heterocycles. The second-order valence-corrected chi connectivity index (χ2v) is 15.8. The molecule has 0 aliphatic carbocycles. The largest absolute Gasteiger partial charge is 0.456 e. The van der Waals surface area contributed by atoms with Crippen LogP contribution in [0.25, 0.3) is 82.2 Å². The Labute approximate surface area is 327 Å². The molecule has 3 nitrogen and oxygen atoms in total. The van der Waals surface area contributed by atoms with Crippen LogP contribution in [0.1, 0.15) is 22.7 Å². The molecular weight excluding hydrogens is 701 g/mol. The van der Waals surface area contributed by atoms with Crippen LogP contribution in [0.3, 0.4) is 0 Å². The number of fused-ring (bicyclic) bond motifs is 10. The van der Waals surface area contributed by atoms with Gasteiger partial charge in [-0.05, 0) is 103 Å². The van der Waals surface area contributed by atoms with E-state index in [0.717, 1.165) is 55.7 Å². The monoisotopic (exact) mass is 732 g/mol. The molecule has 3 heterocycles. The van der Waals surface area contributed by atoms with E-state index in [2.05, 4.69) is 187 Å². The number of thioether (sulfide) groups is 1. The van der Waals surface area contributed by atoms with Gasteiger partial charge in [0.2, 0.25) is 0 Å². The molecule has 1 atom stereocenters. The Morgan fingerprint density at radius 3 is 2.12 bits per heavy atom. The fourth-order valence-corrected chi connectivity index (χ4v) is 10.1. The van der Waals surface area contributed by atoms with Gasteiger partial charge in [-0.25, -0.2) is 4.99 Å². The fraction of sp³-hybridized carbons (Fsp3) is 0.0192. The lowest BCUT2D eigenvalue weighted by Gasteiger charge is -2.26. The molecule has 9 aromatic carbocycles. The van der Waals surface area contributed by atoms with E-state index in [-0.39, 0.29) is 6.04 Å². The summed E-state index contributed by atoms with van der Waals surface area (Å²) in [4.78, 5) is 7.96. The maximum absolute atomic E-state index is 6.67. The lowest BCUT2D eigenvalue weighted by atomic mass is 9.91. The second kappa shape index (κ2) is 12.3. The topological polar surface area (TPSA) is 37.5 Å². The molecule has 0 amide bonds. The summed E-state index contributed by atoms with van der Waals surface area (Å²) in [6.07, 6.45) is 0. The molecular formula is C52H32N2OS. The first-order valence-corrected chi connectivity index (χ1v) is 19.9. The van der Waals surface area contributed by atoms with Gasteiger partial charge in [0.25, 0.3) is 0 Å². The maximum atomic E-state index is 6.67. The minimum absolute atomic E-state index is 0.0113. The van der Waals surface area contributed by atoms with Crippen LogP contribution >= 0.6 is 11.8 Å². The summed E-state index contributed by atoms with van der Waals surface area (Å²) in [6, 6.07) is 65.5. The number of aliphatic imine (C=N–C) groups is 1. The van der Waals surface area contributed by atoms with Gasteiger partial charge in [-0.2, -0.15) is 0 Å². The van der Waals surface area contributed by atoms with Crippen molar-refractivity contribution in [2.24, 2.45) is 4.99 Å². The van der Waals surface area contributed by atoms with Gasteiger partial charge in [0.1, 0.15) is 17.0 Å². The van der Waals surface area contributed by atoms with Crippen LogP contribution in [0, 0.1) is 0 Å². The average Bonchev–Trinajstić information content (AvgIpc) is 3.84. The number of nitrogens with zero attached hydrogens (tertiary/aromatic N) is 1. The third kappa shape index (κ3) is 4.89. The molecule has 1 aromatic heterocycles. The first kappa shape index (κ1) is 31.5. The summed E-state index contributed by atoms with van der Waals surface area (Å²) >= 11 is 1.82. The number of amidine groups is 1. The number of nitrogens with one attached hydrogen (secondary N) is 1. The van der Waals surface area contributed by atoms with E-state index in [4.69, 9.17) is 9.41 Å². The van der Waals surface area contributed by atoms with E-state index >= 15 is 0 Å². The zero-order valence-corrected chi connectivity index (χ0v) is 31.0. The van der Waals surface area contributed by atoms with Crippen LogP contribution < -0.4 is 5.32 Å². The molecule has 2 aliphatic rings. The Kier molecular flexibility index (Phi) is 6.92. The van der Waals surface area contributed by atoms with Crippen LogP contribution in [0.15, 0.2) is 201 Å². The van der Waals surface area contributed by atoms with E-state index in [1.165, 1.54) is 58.8 Å². The van der Waals surface area contributed by atoms with E-state index in [1.807, 2.05) is 11.8 Å². The summed E-state index contributed by atoms with van der Waals surface area (Å²) in [6.45, 7) is 0. The molecule has 262 valence electrons. The molecule has 0 fully saturated rings. The van der Waals surface area contributed by atoms with Gasteiger partial charge in [-0.1, -0.05) is 151 Å². The number of hydrogen-bond donors (Lipinski definition) is 1. The minimum Gasteiger partial charge on any atom is -0.456 e. The zero-order chi connectivity index (χ0) is 36.7. The smallest absolute Gasteiger partial charge is 0.136 e. The van der Waals surface area contributed by atoms with Crippen molar-refractivity contribution in [1.29, 1.82) is 0 Å². The summed E-state index contributed by atoms with van der Waals surface area (Å²) in [5.74, 6) is 0.854. The van der Waals surface area contributed by atoms with Gasteiger partial charge in [0, 0.05) is 31.7 Å². The first-order chi connectivity index (χ1) is 27.7. The van der Waals surface area contributed by atoms with E-state index < -0.39 is 0 Å². The van der Waals surface area contributed by atoms with Crippen molar-refractivity contribution in [2.45, 2.75) is 10.9 Å². The molecule has 2 aliphatic heterocycles. The maximum Gasteiger partial charge on any atom is 0.136 e. The quantitative estimate of drug-likeness (QED) is 0.183. The second-order valence-electron chi connectivity index (χ2n) is 14.7. The Balaban J connectivity index is 0.977. The van der Waals surface area contributed by atoms with Crippen LogP contribution in [0.4, 0.5) is 0 Å². The van der Waals surface area contributed by atoms with Gasteiger partial charge < -0.3 is 9.73 Å². The van der Waals surface area contributed by atoms with E-state index in [0.29, 0.717) is 0 Å². The predicted octanol–water partition coefficient (Wildman–Crippen LogP) is 13.9. The summed E-state index contributed by atoms with van der Waals surface area (Å²) in [7, 11) is 0. The molecule has 4 heteroatoms. The molecule has 56 heavy (non-hydrogen) atoms. The van der Waals surface area contributed by atoms with Crippen molar-refractivity contribution >= 4 is 77.6 Å². The normalized spacial score (nSPS) is 15.1. The third-order valence-corrected chi connectivity index (χ3v) is 12.7. The highest BCUT2D eigenvalue weighted by atomic mass is 32.2. The van der Waals surface area contributed by atoms with Gasteiger partial charge in [0.05, 0.1) is 11.7 Å². The lowest BCUT2D eigenvalue weighted by molar-refractivity contribution is 0.669. The molecule has 10 aromatic rings. The number of rotatable bonds is 4. The summed E-state index contributed by atoms with van der Waals surface area (Å²) in [5, 5.41) is 13.5. The minimum atomic E-state index is 0.0113. The molecule has 0 bridgehead atoms. The Bertz CT molecular complexity index is 3330. The van der Waals surface area contributed by atoms with Crippen LogP contribution in [0.5, 0.6) is 0 Å². The molecule has 1 N–H and O–H groups in total. The highest BCUT2D eigenvalue weighted by molar-refractivity contribution is 8.03. The van der Waals surface area contributed by atoms with Crippen LogP contribution in [0.2, 0.25) is 0 Å². The Morgan fingerprint density at radius 2 is 1.20 bits per heavy atom. The molecule has 12 rings (SSSR count). The summed E-state index contributed by atoms with van der Waals surface area (Å²) in [5.41, 5.74) is 10.8. The Morgan fingerprint density at radius 1 is 0.464 bits per heavy atom. The third-order valence-electron chi connectivity index (χ3n) is 11.5. The van der Waals surface area contributed by atoms with E-state index in [1.54, 1.807) is 0 Å². The van der Waals surface area contributed by atoms with Crippen molar-refractivity contribution < 1.29 is 4.42 Å². The summed E-state index contributed by atoms with van der Waals surface area (Å²) < 4.78 is 6.67. The highest BCUT2D eigenvalue weighted by Gasteiger charge is 2.35. The van der Waals surface area contributed by atoms with Crippen molar-refractivity contribution in [3.8, 4) is 22.3 Å². The van der Waals surface area contributed by atoms with Gasteiger partial charge in [-0.3, -0.25) is 0 Å². The van der Waals surface area contributed by atoms with Gasteiger partial charge >= 0.3 is 0 Å². The fourth-order valence-electron chi connectivity index (χ4n) is 8.84. The van der Waals surface area contributed by atoms with E-state index in [9.17, 15) is 0 Å². The van der Waals surface area contributed by atoms with Gasteiger partial charge in [-0.15, -0.1) is 0 Å². The predicted molar refractivity (Wildman–Crippen MR) is 235 cm³/mol. The zero-order valence-electron chi connectivity index (χ0n) is 30.2. The molecule has 0 saturated carbocycles. The van der Waals surface area contributed by atoms with Crippen molar-refractivity contribution in [3.63, 3.8) is 0 Å². The van der Waals surface area contributed by atoms with Crippen molar-refractivity contribution in [1.82, 2.24) is 5.32 Å². The lowest BCUT2D eigenvalue weighted by Crippen LogP contribution is -2.32. The van der Waals surface area contributed by atoms with Crippen LogP contribution in [-0.2, 0) is 0 Å². The first-order valence-electron chi connectivity index (χ1n) is 19.1. The average molecular weight is 733 g/mol. The number of furan rings is 1. The highest BCUT2D eigenvalue weighted by Crippen LogP contribution is 2.52.